The summed E-state index contributed by atoms with van der Waals surface area (Å²) in [5, 5.41) is 4.67. The summed E-state index contributed by atoms with van der Waals surface area (Å²) < 4.78 is 51.6. The minimum atomic E-state index is -4.80. The number of benzene rings is 1. The van der Waals surface area contributed by atoms with Crippen molar-refractivity contribution in [1.29, 1.82) is 0 Å². The van der Waals surface area contributed by atoms with E-state index in [1.165, 1.54) is 0 Å². The van der Waals surface area contributed by atoms with Gasteiger partial charge in [-0.05, 0) is 18.2 Å². The van der Waals surface area contributed by atoms with Crippen molar-refractivity contribution in [2.24, 2.45) is 5.73 Å². The quantitative estimate of drug-likeness (QED) is 0.837. The molecular formula is C11H6ClF4N3O. The lowest BCUT2D eigenvalue weighted by molar-refractivity contribution is -0.140. The fourth-order valence-electron chi connectivity index (χ4n) is 1.68. The number of aromatic amines is 1. The predicted molar refractivity (Wildman–Crippen MR) is 62.5 cm³/mol. The van der Waals surface area contributed by atoms with E-state index in [0.29, 0.717) is 0 Å². The highest BCUT2D eigenvalue weighted by Gasteiger charge is 2.39. The molecule has 1 amide bonds. The van der Waals surface area contributed by atoms with Crippen LogP contribution in [-0.2, 0) is 6.18 Å². The van der Waals surface area contributed by atoms with Gasteiger partial charge in [-0.3, -0.25) is 9.89 Å². The van der Waals surface area contributed by atoms with Gasteiger partial charge in [0.1, 0.15) is 11.5 Å². The number of hydrogen-bond acceptors (Lipinski definition) is 2. The van der Waals surface area contributed by atoms with Crippen molar-refractivity contribution in [3.05, 3.63) is 40.4 Å². The molecule has 0 radical (unpaired) electrons. The Hall–Kier alpha value is -2.09. The van der Waals surface area contributed by atoms with E-state index in [9.17, 15) is 22.4 Å². The molecular weight excluding hydrogens is 302 g/mol. The number of carbonyl (C=O) groups is 1. The maximum atomic E-state index is 13.0. The van der Waals surface area contributed by atoms with E-state index >= 15 is 0 Å². The molecule has 2 rings (SSSR count). The molecule has 2 aromatic rings. The molecule has 0 saturated carbocycles. The third-order valence-corrected chi connectivity index (χ3v) is 2.80. The van der Waals surface area contributed by atoms with Crippen LogP contribution < -0.4 is 5.73 Å². The lowest BCUT2D eigenvalue weighted by Crippen LogP contribution is -2.14. The van der Waals surface area contributed by atoms with Gasteiger partial charge >= 0.3 is 6.18 Å². The average Bonchev–Trinajstić information content (AvgIpc) is 2.72. The largest absolute Gasteiger partial charge is 0.433 e. The monoisotopic (exact) mass is 307 g/mol. The van der Waals surface area contributed by atoms with Crippen molar-refractivity contribution < 1.29 is 22.4 Å². The summed E-state index contributed by atoms with van der Waals surface area (Å²) in [5.74, 6) is -1.89. The molecule has 1 aromatic heterocycles. The van der Waals surface area contributed by atoms with Gasteiger partial charge in [0, 0.05) is 11.1 Å². The number of amides is 1. The number of nitrogens with one attached hydrogen (secondary N) is 1. The van der Waals surface area contributed by atoms with Crippen LogP contribution in [0.5, 0.6) is 0 Å². The average molecular weight is 308 g/mol. The summed E-state index contributed by atoms with van der Waals surface area (Å²) in [6, 6.07) is 2.76. The first-order valence-corrected chi connectivity index (χ1v) is 5.50. The van der Waals surface area contributed by atoms with E-state index < -0.39 is 34.9 Å². The van der Waals surface area contributed by atoms with E-state index in [2.05, 4.69) is 5.10 Å². The maximum Gasteiger partial charge on any atom is 0.433 e. The molecule has 0 fully saturated rings. The number of alkyl halides is 3. The molecule has 0 unspecified atom stereocenters. The Morgan fingerprint density at radius 2 is 2.00 bits per heavy atom. The third kappa shape index (κ3) is 2.46. The Morgan fingerprint density at radius 3 is 2.50 bits per heavy atom. The van der Waals surface area contributed by atoms with E-state index in [4.69, 9.17) is 17.3 Å². The number of nitrogens with two attached hydrogens (primary N) is 1. The fraction of sp³-hybridized carbons (Fsp3) is 0.0909. The van der Waals surface area contributed by atoms with Gasteiger partial charge in [-0.15, -0.1) is 0 Å². The lowest BCUT2D eigenvalue weighted by Gasteiger charge is -2.09. The van der Waals surface area contributed by atoms with E-state index in [1.54, 1.807) is 5.10 Å². The number of halogens is 5. The van der Waals surface area contributed by atoms with Gasteiger partial charge in [-0.25, -0.2) is 4.39 Å². The summed E-state index contributed by atoms with van der Waals surface area (Å²) in [6.45, 7) is 0. The highest BCUT2D eigenvalue weighted by molar-refractivity contribution is 6.33. The molecule has 0 aliphatic carbocycles. The molecule has 0 bridgehead atoms. The number of rotatable bonds is 2. The number of nitrogens with zero attached hydrogens (tertiary/aromatic N) is 1. The normalized spacial score (nSPS) is 11.7. The molecule has 0 aliphatic heterocycles. The van der Waals surface area contributed by atoms with Gasteiger partial charge in [-0.1, -0.05) is 11.6 Å². The van der Waals surface area contributed by atoms with Crippen LogP contribution in [-0.4, -0.2) is 16.1 Å². The van der Waals surface area contributed by atoms with Gasteiger partial charge in [0.15, 0.2) is 5.69 Å². The summed E-state index contributed by atoms with van der Waals surface area (Å²) in [4.78, 5) is 11.2. The maximum absolute atomic E-state index is 13.0. The molecule has 0 atom stereocenters. The van der Waals surface area contributed by atoms with Crippen LogP contribution in [0.4, 0.5) is 17.6 Å². The van der Waals surface area contributed by atoms with Crippen LogP contribution in [0, 0.1) is 5.82 Å². The highest BCUT2D eigenvalue weighted by Crippen LogP contribution is 2.40. The van der Waals surface area contributed by atoms with Crippen molar-refractivity contribution in [3.8, 4) is 11.1 Å². The van der Waals surface area contributed by atoms with Crippen LogP contribution in [0.25, 0.3) is 11.1 Å². The lowest BCUT2D eigenvalue weighted by atomic mass is 10.0. The topological polar surface area (TPSA) is 71.8 Å². The summed E-state index contributed by atoms with van der Waals surface area (Å²) >= 11 is 5.72. The minimum Gasteiger partial charge on any atom is -0.364 e. The number of hydrogen-bond donors (Lipinski definition) is 2. The Balaban J connectivity index is 2.76. The molecule has 20 heavy (non-hydrogen) atoms. The molecule has 1 aromatic carbocycles. The van der Waals surface area contributed by atoms with Crippen molar-refractivity contribution in [3.63, 3.8) is 0 Å². The smallest absolute Gasteiger partial charge is 0.364 e. The Labute approximate surface area is 114 Å². The first kappa shape index (κ1) is 14.3. The third-order valence-electron chi connectivity index (χ3n) is 2.48. The van der Waals surface area contributed by atoms with E-state index in [0.717, 1.165) is 18.2 Å². The first-order valence-electron chi connectivity index (χ1n) is 5.12. The summed E-state index contributed by atoms with van der Waals surface area (Å²) in [5.41, 5.74) is 2.29. The number of carbonyl (C=O) groups excluding carboxylic acids is 1. The molecule has 4 nitrogen and oxygen atoms in total. The van der Waals surface area contributed by atoms with Crippen LogP contribution in [0.2, 0.25) is 5.02 Å². The molecule has 9 heteroatoms. The molecule has 0 spiro atoms. The Bertz CT molecular complexity index is 681. The number of H-pyrrole nitrogens is 1. The summed E-state index contributed by atoms with van der Waals surface area (Å²) in [7, 11) is 0. The first-order chi connectivity index (χ1) is 9.21. The molecule has 3 N–H and O–H groups in total. The standard InChI is InChI=1S/C11H6ClF4N3O/c12-6-3-4(13)1-2-5(6)7-8(10(17)20)18-19-9(7)11(14,15)16/h1-3H,(H2,17,20)(H,18,19). The number of aromatic nitrogens is 2. The van der Waals surface area contributed by atoms with Crippen molar-refractivity contribution in [1.82, 2.24) is 10.2 Å². The SMILES string of the molecule is NC(=O)c1n[nH]c(C(F)(F)F)c1-c1ccc(F)cc1Cl. The second-order valence-corrected chi connectivity index (χ2v) is 4.22. The van der Waals surface area contributed by atoms with Gasteiger partial charge in [0.2, 0.25) is 0 Å². The Kier molecular flexibility index (Phi) is 3.43. The summed E-state index contributed by atoms with van der Waals surface area (Å²) in [6.07, 6.45) is -4.80. The predicted octanol–water partition coefficient (Wildman–Crippen LogP) is 2.99. The molecule has 106 valence electrons. The van der Waals surface area contributed by atoms with Gasteiger partial charge in [0.25, 0.3) is 5.91 Å². The van der Waals surface area contributed by atoms with E-state index in [1.807, 2.05) is 0 Å². The molecule has 1 heterocycles. The molecule has 0 saturated heterocycles. The number of primary amides is 1. The fourth-order valence-corrected chi connectivity index (χ4v) is 1.94. The molecule has 0 aliphatic rings. The second kappa shape index (κ2) is 4.78. The van der Waals surface area contributed by atoms with Crippen LogP contribution >= 0.6 is 11.6 Å². The van der Waals surface area contributed by atoms with Gasteiger partial charge in [-0.2, -0.15) is 18.3 Å². The van der Waals surface area contributed by atoms with Crippen molar-refractivity contribution >= 4 is 17.5 Å². The van der Waals surface area contributed by atoms with E-state index in [-0.39, 0.29) is 10.6 Å². The van der Waals surface area contributed by atoms with Crippen molar-refractivity contribution in [2.75, 3.05) is 0 Å². The van der Waals surface area contributed by atoms with Crippen LogP contribution in [0.3, 0.4) is 0 Å². The Morgan fingerprint density at radius 1 is 1.35 bits per heavy atom. The van der Waals surface area contributed by atoms with Crippen LogP contribution in [0.1, 0.15) is 16.2 Å². The zero-order valence-electron chi connectivity index (χ0n) is 9.55. The van der Waals surface area contributed by atoms with Gasteiger partial charge in [0.05, 0.1) is 5.02 Å². The van der Waals surface area contributed by atoms with Crippen LogP contribution in [0.15, 0.2) is 18.2 Å². The minimum absolute atomic E-state index is 0.192. The highest BCUT2D eigenvalue weighted by atomic mass is 35.5. The van der Waals surface area contributed by atoms with Gasteiger partial charge < -0.3 is 5.73 Å². The van der Waals surface area contributed by atoms with Crippen molar-refractivity contribution in [2.45, 2.75) is 6.18 Å². The second-order valence-electron chi connectivity index (χ2n) is 3.81. The zero-order valence-corrected chi connectivity index (χ0v) is 10.3. The zero-order chi connectivity index (χ0) is 15.1.